The van der Waals surface area contributed by atoms with Crippen molar-refractivity contribution in [3.8, 4) is 17.2 Å². The maximum atomic E-state index is 14.6. The standard InChI is InChI=1S/C61H79N7O16S3/c1-10-13-45-46(14-11-2)65-48-30-37(15-16-47(48)64-45)56(71)62-18-22-83-24-23-82-21-17-41(70)31-44(57(72)63-19-26-87(76,77)78)61(4,5)86-85-25-20-67(6)60(75)84-51-33-50-52(43-32-49(59(74)81-9)66-53(43)51)40(35-69)34-68(50)58(73)39-28-38-27-36(12-3)54(79-7)55(80-8)42(38)29-39/h15-16,27-28,30,32-33,40,44,66,69H,10-14,17-26,29,31,34-35H2,1-9H3,(H,62,71)(H,63,72)(H,76,77,78)/t40-,44?/m0/s1. The zero-order chi connectivity index (χ0) is 63.2. The molecule has 2 aliphatic rings. The fraction of sp³-hybridized carbons (Fsp3) is 0.508. The van der Waals surface area contributed by atoms with Crippen LogP contribution in [0, 0.1) is 5.92 Å². The highest BCUT2D eigenvalue weighted by Crippen LogP contribution is 2.48. The number of benzene rings is 3. The third-order valence-corrected chi connectivity index (χ3v) is 19.1. The number of nitrogens with one attached hydrogen (secondary N) is 3. The van der Waals surface area contributed by atoms with Gasteiger partial charge in [-0.3, -0.25) is 23.7 Å². The smallest absolute Gasteiger partial charge is 0.415 e. The van der Waals surface area contributed by atoms with Crippen molar-refractivity contribution in [3.63, 3.8) is 0 Å². The number of ether oxygens (including phenoxy) is 6. The molecule has 7 rings (SSSR count). The van der Waals surface area contributed by atoms with Gasteiger partial charge in [-0.1, -0.05) is 55.2 Å². The number of Topliss-reactive ketones (excluding diaryl/α,β-unsaturated/α-hetero) is 1. The van der Waals surface area contributed by atoms with Crippen molar-refractivity contribution in [2.45, 2.75) is 96.7 Å². The Morgan fingerprint density at radius 3 is 2.25 bits per heavy atom. The molecule has 3 aromatic carbocycles. The molecule has 3 heterocycles. The number of methoxy groups -OCH3 is 3. The van der Waals surface area contributed by atoms with E-state index in [1.54, 1.807) is 57.2 Å². The minimum absolute atomic E-state index is 0.0118. The molecule has 0 radical (unpaired) electrons. The van der Waals surface area contributed by atoms with Crippen molar-refractivity contribution < 1.29 is 75.3 Å². The summed E-state index contributed by atoms with van der Waals surface area (Å²) in [6.07, 6.45) is 5.29. The van der Waals surface area contributed by atoms with Gasteiger partial charge in [0.2, 0.25) is 5.91 Å². The van der Waals surface area contributed by atoms with Gasteiger partial charge in [0.15, 0.2) is 17.2 Å². The Morgan fingerprint density at radius 2 is 1.60 bits per heavy atom. The average Bonchev–Trinajstić information content (AvgIpc) is 1.62. The second-order valence-corrected chi connectivity index (χ2v) is 26.3. The van der Waals surface area contributed by atoms with E-state index in [1.165, 1.54) is 40.6 Å². The number of hydrogen-bond donors (Lipinski definition) is 5. The van der Waals surface area contributed by atoms with E-state index in [9.17, 15) is 46.8 Å². The highest BCUT2D eigenvalue weighted by Gasteiger charge is 2.40. The summed E-state index contributed by atoms with van der Waals surface area (Å²) in [7, 11) is 4.11. The summed E-state index contributed by atoms with van der Waals surface area (Å²) in [4.78, 5) is 97.0. The Balaban J connectivity index is 0.918. The number of aliphatic hydroxyl groups excluding tert-OH is 1. The third kappa shape index (κ3) is 16.9. The van der Waals surface area contributed by atoms with Gasteiger partial charge < -0.3 is 58.9 Å². The quantitative estimate of drug-likeness (QED) is 0.0118. The Hall–Kier alpha value is -6.81. The van der Waals surface area contributed by atoms with E-state index in [4.69, 9.17) is 38.4 Å². The van der Waals surface area contributed by atoms with Crippen molar-refractivity contribution in [1.82, 2.24) is 30.5 Å². The number of rotatable bonds is 33. The molecular weight excluding hydrogens is 1180 g/mol. The molecular formula is C61H79N7O16S3. The number of nitrogens with zero attached hydrogens (tertiary/aromatic N) is 4. The predicted octanol–water partition coefficient (Wildman–Crippen LogP) is 7.47. The average molecular weight is 1260 g/mol. The molecule has 4 amide bonds. The van der Waals surface area contributed by atoms with E-state index in [2.05, 4.69) is 29.5 Å². The molecule has 1 unspecified atom stereocenters. The lowest BCUT2D eigenvalue weighted by molar-refractivity contribution is -0.130. The van der Waals surface area contributed by atoms with Gasteiger partial charge in [-0.25, -0.2) is 19.6 Å². The molecule has 0 bridgehead atoms. The van der Waals surface area contributed by atoms with Gasteiger partial charge in [0, 0.05) is 97.1 Å². The van der Waals surface area contributed by atoms with Crippen LogP contribution in [-0.4, -0.2) is 177 Å². The maximum Gasteiger partial charge on any atom is 0.415 e. The number of aliphatic hydroxyl groups is 1. The number of carbonyl (C=O) groups excluding carboxylic acids is 6. The first-order valence-corrected chi connectivity index (χ1v) is 32.9. The Morgan fingerprint density at radius 1 is 0.897 bits per heavy atom. The minimum Gasteiger partial charge on any atom is -0.493 e. The van der Waals surface area contributed by atoms with Crippen LogP contribution in [0.15, 0.2) is 42.0 Å². The van der Waals surface area contributed by atoms with E-state index in [0.717, 1.165) is 59.3 Å². The third-order valence-electron chi connectivity index (χ3n) is 15.1. The normalized spacial score (nSPS) is 14.1. The lowest BCUT2D eigenvalue weighted by atomic mass is 9.88. The lowest BCUT2D eigenvalue weighted by Gasteiger charge is -2.32. The molecule has 87 heavy (non-hydrogen) atoms. The molecule has 0 saturated heterocycles. The highest BCUT2D eigenvalue weighted by atomic mass is 33.1. The van der Waals surface area contributed by atoms with Crippen LogP contribution < -0.4 is 29.7 Å². The first kappa shape index (κ1) is 67.7. The fourth-order valence-corrected chi connectivity index (χ4v) is 13.7. The Kier molecular flexibility index (Phi) is 24.0. The SMILES string of the molecule is CCCc1nc2ccc(C(=O)NCCOCCOCCC(=O)CC(C(=O)NCCS(=O)(=O)O)C(C)(C)SSCCN(C)C(=O)Oc3cc4c(c5cc(C(=O)OC)[nH]c35)[C@H](CO)CN4C(=O)C3=Cc4cc(CC)c(OC)c(OC)c4C3)cc2nc1CCC. The predicted molar refractivity (Wildman–Crippen MR) is 334 cm³/mol. The number of fused-ring (bicyclic) bond motifs is 5. The molecule has 0 saturated carbocycles. The molecule has 5 aromatic rings. The molecule has 26 heteroatoms. The number of anilines is 1. The van der Waals surface area contributed by atoms with Crippen LogP contribution in [-0.2, 0) is 64.4 Å². The van der Waals surface area contributed by atoms with E-state index in [0.29, 0.717) is 57.0 Å². The van der Waals surface area contributed by atoms with Crippen LogP contribution in [0.25, 0.3) is 28.0 Å². The first-order valence-electron chi connectivity index (χ1n) is 29.0. The van der Waals surface area contributed by atoms with Crippen molar-refractivity contribution in [3.05, 3.63) is 86.9 Å². The van der Waals surface area contributed by atoms with Crippen LogP contribution in [0.2, 0.25) is 0 Å². The van der Waals surface area contributed by atoms with E-state index < -0.39 is 50.4 Å². The number of ketones is 1. The van der Waals surface area contributed by atoms with Crippen LogP contribution >= 0.6 is 21.6 Å². The molecule has 1 aliphatic carbocycles. The Labute approximate surface area is 514 Å². The highest BCUT2D eigenvalue weighted by molar-refractivity contribution is 8.77. The van der Waals surface area contributed by atoms with Gasteiger partial charge in [0.05, 0.1) is 99.7 Å². The Bertz CT molecular complexity index is 3500. The van der Waals surface area contributed by atoms with Crippen molar-refractivity contribution in [2.24, 2.45) is 5.92 Å². The summed E-state index contributed by atoms with van der Waals surface area (Å²) in [5, 5.41) is 16.5. The van der Waals surface area contributed by atoms with E-state index >= 15 is 0 Å². The van der Waals surface area contributed by atoms with Crippen molar-refractivity contribution in [1.29, 1.82) is 0 Å². The van der Waals surface area contributed by atoms with Crippen LogP contribution in [0.5, 0.6) is 17.2 Å². The molecule has 23 nitrogen and oxygen atoms in total. The molecule has 0 fully saturated rings. The molecule has 472 valence electrons. The summed E-state index contributed by atoms with van der Waals surface area (Å²) < 4.78 is 65.2. The largest absolute Gasteiger partial charge is 0.493 e. The number of amides is 4. The summed E-state index contributed by atoms with van der Waals surface area (Å²) in [6, 6.07) is 10.4. The zero-order valence-corrected chi connectivity index (χ0v) is 53.2. The molecule has 1 aliphatic heterocycles. The number of aromatic nitrogens is 3. The molecule has 2 atom stereocenters. The number of aromatic amines is 1. The number of H-pyrrole nitrogens is 1. The van der Waals surface area contributed by atoms with Gasteiger partial charge in [-0.05, 0) is 86.2 Å². The monoisotopic (exact) mass is 1260 g/mol. The lowest BCUT2D eigenvalue weighted by Crippen LogP contribution is -2.43. The zero-order valence-electron chi connectivity index (χ0n) is 50.8. The van der Waals surface area contributed by atoms with Gasteiger partial charge in [0.25, 0.3) is 21.9 Å². The second-order valence-electron chi connectivity index (χ2n) is 21.7. The van der Waals surface area contributed by atoms with Gasteiger partial charge in [-0.2, -0.15) is 8.42 Å². The number of aryl methyl sites for hydroxylation is 3. The van der Waals surface area contributed by atoms with Crippen molar-refractivity contribution in [2.75, 3.05) is 104 Å². The van der Waals surface area contributed by atoms with Gasteiger partial charge in [0.1, 0.15) is 11.5 Å². The summed E-state index contributed by atoms with van der Waals surface area (Å²) in [5.41, 5.74) is 8.14. The van der Waals surface area contributed by atoms with E-state index in [1.807, 2.05) is 25.1 Å². The summed E-state index contributed by atoms with van der Waals surface area (Å²) >= 11 is 0. The van der Waals surface area contributed by atoms with Crippen LogP contribution in [0.1, 0.15) is 121 Å². The van der Waals surface area contributed by atoms with Crippen molar-refractivity contribution >= 4 is 101 Å². The summed E-state index contributed by atoms with van der Waals surface area (Å²) in [6.45, 7) is 10.1. The molecule has 0 spiro atoms. The molecule has 5 N–H and O–H groups in total. The van der Waals surface area contributed by atoms with Gasteiger partial charge in [-0.15, -0.1) is 0 Å². The van der Waals surface area contributed by atoms with Crippen LogP contribution in [0.3, 0.4) is 0 Å². The minimum atomic E-state index is -4.39. The van der Waals surface area contributed by atoms with Gasteiger partial charge >= 0.3 is 12.1 Å². The molecule has 2 aromatic heterocycles. The number of carbonyl (C=O) groups is 6. The van der Waals surface area contributed by atoms with E-state index in [-0.39, 0.29) is 113 Å². The van der Waals surface area contributed by atoms with Crippen LogP contribution in [0.4, 0.5) is 10.5 Å². The topological polar surface area (TPSA) is 305 Å². The fourth-order valence-electron chi connectivity index (χ4n) is 10.6. The number of hydrogen-bond acceptors (Lipinski definition) is 19. The summed E-state index contributed by atoms with van der Waals surface area (Å²) in [5.74, 6) is -2.94. The first-order chi connectivity index (χ1) is 41.6. The number of esters is 1. The maximum absolute atomic E-state index is 14.6. The second kappa shape index (κ2) is 30.9.